The first-order chi connectivity index (χ1) is 35.2. The van der Waals surface area contributed by atoms with Crippen molar-refractivity contribution in [1.82, 2.24) is 0 Å². The second-order valence-corrected chi connectivity index (χ2v) is 20.9. The number of allylic oxidation sites excluding steroid dienone is 10. The second kappa shape index (κ2) is 54.4. The quantitative estimate of drug-likeness (QED) is 0.0197. The summed E-state index contributed by atoms with van der Waals surface area (Å²) in [5, 5.41) is 9.82. The van der Waals surface area contributed by atoms with Crippen LogP contribution in [0, 0.1) is 0 Å². The van der Waals surface area contributed by atoms with Gasteiger partial charge in [-0.1, -0.05) is 229 Å². The molecule has 0 rings (SSSR count). The monoisotopic (exact) mass is 1030 g/mol. The lowest BCUT2D eigenvalue weighted by Crippen LogP contribution is -2.30. The maximum Gasteiger partial charge on any atom is 0.472 e. The smallest absolute Gasteiger partial charge is 0.462 e. The van der Waals surface area contributed by atoms with Crippen LogP contribution in [0.5, 0.6) is 0 Å². The van der Waals surface area contributed by atoms with Gasteiger partial charge in [0.2, 0.25) is 0 Å². The van der Waals surface area contributed by atoms with E-state index in [1.807, 2.05) is 0 Å². The number of carbonyl (C=O) groups excluding carboxylic acids is 3. The predicted octanol–water partition coefficient (Wildman–Crippen LogP) is 17.1. The predicted molar refractivity (Wildman–Crippen MR) is 298 cm³/mol. The molecule has 0 saturated carbocycles. The molecular formula is C60H107O11P. The van der Waals surface area contributed by atoms with Crippen LogP contribution in [0.4, 0.5) is 0 Å². The fourth-order valence-electron chi connectivity index (χ4n) is 7.98. The first-order valence-electron chi connectivity index (χ1n) is 29.2. The van der Waals surface area contributed by atoms with Crippen molar-refractivity contribution in [3.05, 3.63) is 60.8 Å². The van der Waals surface area contributed by atoms with Crippen LogP contribution < -0.4 is 0 Å². The molecule has 0 radical (unpaired) electrons. The molecule has 11 nitrogen and oxygen atoms in total. The largest absolute Gasteiger partial charge is 0.472 e. The number of rotatable bonds is 54. The number of hydrogen-bond donors (Lipinski definition) is 2. The number of esters is 3. The van der Waals surface area contributed by atoms with Gasteiger partial charge in [0.1, 0.15) is 12.7 Å². The highest BCUT2D eigenvalue weighted by atomic mass is 31.2. The molecule has 0 amide bonds. The van der Waals surface area contributed by atoms with E-state index in [-0.39, 0.29) is 25.9 Å². The number of aliphatic hydroxyl groups excluding tert-OH is 1. The minimum absolute atomic E-state index is 0.138. The Morgan fingerprint density at radius 3 is 1.17 bits per heavy atom. The van der Waals surface area contributed by atoms with Gasteiger partial charge < -0.3 is 24.2 Å². The number of phosphoric ester groups is 1. The summed E-state index contributed by atoms with van der Waals surface area (Å²) in [6, 6.07) is 0. The zero-order chi connectivity index (χ0) is 52.7. The highest BCUT2D eigenvalue weighted by molar-refractivity contribution is 7.47. The Labute approximate surface area is 440 Å². The van der Waals surface area contributed by atoms with Crippen molar-refractivity contribution in [3.63, 3.8) is 0 Å². The second-order valence-electron chi connectivity index (χ2n) is 19.4. The van der Waals surface area contributed by atoms with Gasteiger partial charge in [-0.05, 0) is 77.0 Å². The van der Waals surface area contributed by atoms with Gasteiger partial charge in [0, 0.05) is 19.3 Å². The zero-order valence-electron chi connectivity index (χ0n) is 46.1. The fraction of sp³-hybridized carbons (Fsp3) is 0.783. The van der Waals surface area contributed by atoms with Crippen molar-refractivity contribution in [2.75, 3.05) is 26.4 Å². The van der Waals surface area contributed by atoms with Gasteiger partial charge in [0.15, 0.2) is 6.10 Å². The highest BCUT2D eigenvalue weighted by Crippen LogP contribution is 2.43. The highest BCUT2D eigenvalue weighted by Gasteiger charge is 2.28. The molecule has 0 aliphatic carbocycles. The Hall–Kier alpha value is -2.82. The van der Waals surface area contributed by atoms with Gasteiger partial charge in [-0.25, -0.2) is 4.57 Å². The van der Waals surface area contributed by atoms with Gasteiger partial charge in [0.25, 0.3) is 0 Å². The van der Waals surface area contributed by atoms with E-state index in [4.69, 9.17) is 23.3 Å². The third-order valence-electron chi connectivity index (χ3n) is 12.4. The van der Waals surface area contributed by atoms with E-state index in [0.29, 0.717) is 19.3 Å². The van der Waals surface area contributed by atoms with Crippen molar-refractivity contribution in [3.8, 4) is 0 Å². The number of hydrogen-bond acceptors (Lipinski definition) is 10. The van der Waals surface area contributed by atoms with Crippen LogP contribution in [-0.4, -0.2) is 66.5 Å². The van der Waals surface area contributed by atoms with Gasteiger partial charge in [-0.2, -0.15) is 0 Å². The Morgan fingerprint density at radius 1 is 0.403 bits per heavy atom. The van der Waals surface area contributed by atoms with Crippen molar-refractivity contribution in [1.29, 1.82) is 0 Å². The summed E-state index contributed by atoms with van der Waals surface area (Å²) in [6.45, 7) is 4.48. The molecule has 72 heavy (non-hydrogen) atoms. The summed E-state index contributed by atoms with van der Waals surface area (Å²) in [7, 11) is -4.75. The third-order valence-corrected chi connectivity index (χ3v) is 13.4. The summed E-state index contributed by atoms with van der Waals surface area (Å²) < 4.78 is 39.5. The molecule has 0 aromatic heterocycles. The van der Waals surface area contributed by atoms with E-state index < -0.39 is 57.8 Å². The molecule has 418 valence electrons. The molecule has 0 fully saturated rings. The summed E-state index contributed by atoms with van der Waals surface area (Å²) in [5.74, 6) is -1.49. The molecule has 0 aliphatic rings. The normalized spacial score (nSPS) is 13.8. The number of carbonyl (C=O) groups is 3. The van der Waals surface area contributed by atoms with Crippen LogP contribution in [0.3, 0.4) is 0 Å². The van der Waals surface area contributed by atoms with Crippen LogP contribution in [0.15, 0.2) is 60.8 Å². The number of ether oxygens (including phenoxy) is 3. The molecule has 0 bridgehead atoms. The Bertz CT molecular complexity index is 1440. The van der Waals surface area contributed by atoms with Gasteiger partial charge >= 0.3 is 25.7 Å². The van der Waals surface area contributed by atoms with Crippen molar-refractivity contribution in [2.24, 2.45) is 0 Å². The summed E-state index contributed by atoms with van der Waals surface area (Å²) >= 11 is 0. The van der Waals surface area contributed by atoms with Crippen molar-refractivity contribution in [2.45, 2.75) is 277 Å². The SMILES string of the molecule is CC/C=C\C/C=C\C/C=C\C/C=C\CCCCCCC(=O)OC(COC(=O)CCCCCCC/C=C\CCCC)COP(=O)(O)OCC(CO)OC(=O)CCCCCCCCCCCCCCCCCCC. The van der Waals surface area contributed by atoms with Crippen LogP contribution in [0.25, 0.3) is 0 Å². The maximum atomic E-state index is 12.9. The van der Waals surface area contributed by atoms with E-state index in [2.05, 4.69) is 81.5 Å². The van der Waals surface area contributed by atoms with Gasteiger partial charge in [-0.3, -0.25) is 23.4 Å². The molecule has 3 atom stereocenters. The molecule has 0 heterocycles. The van der Waals surface area contributed by atoms with Crippen molar-refractivity contribution >= 4 is 25.7 Å². The minimum Gasteiger partial charge on any atom is -0.462 e. The van der Waals surface area contributed by atoms with Crippen LogP contribution in [0.2, 0.25) is 0 Å². The fourth-order valence-corrected chi connectivity index (χ4v) is 8.76. The van der Waals surface area contributed by atoms with E-state index in [1.165, 1.54) is 96.3 Å². The topological polar surface area (TPSA) is 155 Å². The van der Waals surface area contributed by atoms with Crippen molar-refractivity contribution < 1.29 is 52.2 Å². The molecule has 0 saturated heterocycles. The van der Waals surface area contributed by atoms with Gasteiger partial charge in [0.05, 0.1) is 19.8 Å². The molecule has 0 spiro atoms. The summed E-state index contributed by atoms with van der Waals surface area (Å²) in [4.78, 5) is 48.5. The number of phosphoric acid groups is 1. The summed E-state index contributed by atoms with van der Waals surface area (Å²) in [6.07, 6.45) is 59.0. The molecule has 0 aromatic rings. The molecule has 3 unspecified atom stereocenters. The number of aliphatic hydroxyl groups is 1. The Balaban J connectivity index is 4.68. The lowest BCUT2D eigenvalue weighted by Gasteiger charge is -2.21. The van der Waals surface area contributed by atoms with E-state index in [9.17, 15) is 28.9 Å². The first kappa shape index (κ1) is 69.2. The molecule has 0 aliphatic heterocycles. The lowest BCUT2D eigenvalue weighted by atomic mass is 10.0. The Morgan fingerprint density at radius 2 is 0.736 bits per heavy atom. The average molecular weight is 1040 g/mol. The van der Waals surface area contributed by atoms with Crippen LogP contribution >= 0.6 is 7.82 Å². The van der Waals surface area contributed by atoms with E-state index in [0.717, 1.165) is 109 Å². The van der Waals surface area contributed by atoms with E-state index in [1.54, 1.807) is 0 Å². The number of unbranched alkanes of at least 4 members (excludes halogenated alkanes) is 27. The van der Waals surface area contributed by atoms with Gasteiger partial charge in [-0.15, -0.1) is 0 Å². The van der Waals surface area contributed by atoms with E-state index >= 15 is 0 Å². The van der Waals surface area contributed by atoms with Crippen LogP contribution in [-0.2, 0) is 42.2 Å². The zero-order valence-corrected chi connectivity index (χ0v) is 47.0. The third kappa shape index (κ3) is 52.1. The molecule has 2 N–H and O–H groups in total. The first-order valence-corrected chi connectivity index (χ1v) is 30.7. The average Bonchev–Trinajstić information content (AvgIpc) is 3.37. The summed E-state index contributed by atoms with van der Waals surface area (Å²) in [5.41, 5.74) is 0. The molecule has 12 heteroatoms. The van der Waals surface area contributed by atoms with Crippen LogP contribution in [0.1, 0.15) is 265 Å². The maximum absolute atomic E-state index is 12.9. The molecular weight excluding hydrogens is 928 g/mol. The lowest BCUT2D eigenvalue weighted by molar-refractivity contribution is -0.161. The standard InChI is InChI=1S/C60H107O11P/c1-4-7-10-13-16-19-22-24-26-28-30-32-35-38-41-44-47-50-59(63)70-56(52-61)54-68-72(65,66)69-55-57(53-67-58(62)49-46-43-40-37-34-21-18-15-12-9-6-3)71-60(64)51-48-45-42-39-36-33-31-29-27-25-23-20-17-14-11-8-5-2/h8,11,15,17-18,20,25,27,31,33,56-57,61H,4-7,9-10,12-14,16,19,21-24,26,28-30,32,34-55H2,1-3H3,(H,65,66)/b11-8-,18-15-,20-17-,27-25-,33-31-. The Kier molecular flexibility index (Phi) is 52.3. The minimum atomic E-state index is -4.75. The molecule has 0 aromatic carbocycles.